The topological polar surface area (TPSA) is 84.2 Å². The van der Waals surface area contributed by atoms with Crippen molar-refractivity contribution in [3.8, 4) is 17.6 Å². The minimum atomic E-state index is -0.269. The quantitative estimate of drug-likeness (QED) is 0.561. The van der Waals surface area contributed by atoms with Gasteiger partial charge >= 0.3 is 0 Å². The lowest BCUT2D eigenvalue weighted by atomic mass is 10.1. The zero-order valence-corrected chi connectivity index (χ0v) is 16.5. The van der Waals surface area contributed by atoms with E-state index in [9.17, 15) is 10.1 Å². The molecule has 30 heavy (non-hydrogen) atoms. The maximum absolute atomic E-state index is 12.1. The number of pyridine rings is 1. The first-order valence-corrected chi connectivity index (χ1v) is 9.47. The Balaban J connectivity index is 1.74. The van der Waals surface area contributed by atoms with E-state index in [-0.39, 0.29) is 12.5 Å². The summed E-state index contributed by atoms with van der Waals surface area (Å²) in [5.41, 5.74) is 2.50. The van der Waals surface area contributed by atoms with E-state index in [2.05, 4.69) is 16.4 Å². The van der Waals surface area contributed by atoms with Crippen LogP contribution in [0, 0.1) is 11.3 Å². The molecule has 1 heterocycles. The number of aromatic nitrogens is 1. The number of para-hydroxylation sites is 1. The number of amides is 1. The van der Waals surface area contributed by atoms with Crippen LogP contribution in [0.15, 0.2) is 72.9 Å². The second-order valence-electron chi connectivity index (χ2n) is 6.23. The van der Waals surface area contributed by atoms with E-state index >= 15 is 0 Å². The number of hydrogen-bond donors (Lipinski definition) is 1. The van der Waals surface area contributed by atoms with Crippen molar-refractivity contribution in [3.63, 3.8) is 0 Å². The van der Waals surface area contributed by atoms with Gasteiger partial charge in [0.15, 0.2) is 18.1 Å². The highest BCUT2D eigenvalue weighted by Gasteiger charge is 2.10. The standard InChI is InChI=1S/C24H21N3O3/c1-2-29-23-15-18(14-19(16-25)21-10-6-7-13-26-21)11-12-22(23)30-17-24(28)27-20-8-4-3-5-9-20/h3-15H,2,17H2,1H3,(H,27,28)/b19-14+. The Labute approximate surface area is 175 Å². The number of nitrogens with one attached hydrogen (secondary N) is 1. The molecule has 3 rings (SSSR count). The van der Waals surface area contributed by atoms with Crippen LogP contribution < -0.4 is 14.8 Å². The highest BCUT2D eigenvalue weighted by atomic mass is 16.5. The second-order valence-corrected chi connectivity index (χ2v) is 6.23. The van der Waals surface area contributed by atoms with Crippen LogP contribution in [0.1, 0.15) is 18.2 Å². The monoisotopic (exact) mass is 399 g/mol. The van der Waals surface area contributed by atoms with Gasteiger partial charge in [-0.15, -0.1) is 0 Å². The van der Waals surface area contributed by atoms with E-state index in [1.807, 2.05) is 31.2 Å². The molecule has 0 atom stereocenters. The Hall–Kier alpha value is -4.11. The third-order valence-electron chi connectivity index (χ3n) is 4.06. The van der Waals surface area contributed by atoms with E-state index < -0.39 is 0 Å². The first kappa shape index (κ1) is 20.6. The van der Waals surface area contributed by atoms with Crippen LogP contribution >= 0.6 is 0 Å². The minimum Gasteiger partial charge on any atom is -0.490 e. The molecule has 0 spiro atoms. The van der Waals surface area contributed by atoms with Crippen molar-refractivity contribution in [1.29, 1.82) is 5.26 Å². The van der Waals surface area contributed by atoms with Crippen LogP contribution in [0.4, 0.5) is 5.69 Å². The van der Waals surface area contributed by atoms with E-state index in [4.69, 9.17) is 9.47 Å². The SMILES string of the molecule is CCOc1cc(/C=C(\C#N)c2ccccn2)ccc1OCC(=O)Nc1ccccc1. The van der Waals surface area contributed by atoms with Gasteiger partial charge in [-0.05, 0) is 55.0 Å². The summed E-state index contributed by atoms with van der Waals surface area (Å²) in [7, 11) is 0. The maximum Gasteiger partial charge on any atom is 0.262 e. The lowest BCUT2D eigenvalue weighted by Gasteiger charge is -2.13. The van der Waals surface area contributed by atoms with Gasteiger partial charge in [0.1, 0.15) is 6.07 Å². The van der Waals surface area contributed by atoms with Crippen LogP contribution in [0.3, 0.4) is 0 Å². The lowest BCUT2D eigenvalue weighted by molar-refractivity contribution is -0.118. The summed E-state index contributed by atoms with van der Waals surface area (Å²) in [4.78, 5) is 16.3. The Morgan fingerprint density at radius 2 is 1.87 bits per heavy atom. The number of carbonyl (C=O) groups excluding carboxylic acids is 1. The Bertz CT molecular complexity index is 1060. The number of anilines is 1. The highest BCUT2D eigenvalue weighted by molar-refractivity contribution is 5.92. The van der Waals surface area contributed by atoms with Crippen molar-refractivity contribution < 1.29 is 14.3 Å². The van der Waals surface area contributed by atoms with Crippen LogP contribution in [-0.4, -0.2) is 24.1 Å². The fraction of sp³-hybridized carbons (Fsp3) is 0.125. The number of carbonyl (C=O) groups is 1. The Morgan fingerprint density at radius 3 is 2.57 bits per heavy atom. The molecular formula is C24H21N3O3. The first-order chi connectivity index (χ1) is 14.7. The largest absolute Gasteiger partial charge is 0.490 e. The van der Waals surface area contributed by atoms with Crippen LogP contribution in [0.25, 0.3) is 11.6 Å². The molecule has 6 nitrogen and oxygen atoms in total. The van der Waals surface area contributed by atoms with E-state index in [1.54, 1.807) is 54.7 Å². The molecule has 0 aliphatic rings. The third-order valence-corrected chi connectivity index (χ3v) is 4.06. The average Bonchev–Trinajstić information content (AvgIpc) is 2.78. The van der Waals surface area contributed by atoms with Gasteiger partial charge in [0.2, 0.25) is 0 Å². The Kier molecular flexibility index (Phi) is 7.17. The molecule has 3 aromatic rings. The van der Waals surface area contributed by atoms with E-state index in [1.165, 1.54) is 0 Å². The fourth-order valence-corrected chi connectivity index (χ4v) is 2.72. The third kappa shape index (κ3) is 5.69. The number of hydrogen-bond acceptors (Lipinski definition) is 5. The van der Waals surface area contributed by atoms with Crippen LogP contribution in [0.5, 0.6) is 11.5 Å². The maximum atomic E-state index is 12.1. The summed E-state index contributed by atoms with van der Waals surface area (Å²) >= 11 is 0. The van der Waals surface area contributed by atoms with Gasteiger partial charge in [-0.25, -0.2) is 0 Å². The molecular weight excluding hydrogens is 378 g/mol. The molecule has 1 aromatic heterocycles. The average molecular weight is 399 g/mol. The predicted molar refractivity (Wildman–Crippen MR) is 116 cm³/mol. The summed E-state index contributed by atoms with van der Waals surface area (Å²) < 4.78 is 11.3. The van der Waals surface area contributed by atoms with Gasteiger partial charge in [0.25, 0.3) is 5.91 Å². The summed E-state index contributed by atoms with van der Waals surface area (Å²) in [5.74, 6) is 0.681. The summed E-state index contributed by atoms with van der Waals surface area (Å²) in [5, 5.41) is 12.2. The predicted octanol–water partition coefficient (Wildman–Crippen LogP) is 4.56. The number of rotatable bonds is 8. The molecule has 2 aromatic carbocycles. The van der Waals surface area contributed by atoms with E-state index in [0.29, 0.717) is 35.1 Å². The molecule has 0 saturated heterocycles. The van der Waals surface area contributed by atoms with Crippen molar-refractivity contribution >= 4 is 23.2 Å². The van der Waals surface area contributed by atoms with Gasteiger partial charge in [-0.3, -0.25) is 9.78 Å². The molecule has 150 valence electrons. The van der Waals surface area contributed by atoms with Crippen molar-refractivity contribution in [3.05, 3.63) is 84.2 Å². The zero-order valence-electron chi connectivity index (χ0n) is 16.5. The summed E-state index contributed by atoms with van der Waals surface area (Å²) in [6, 6.07) is 22.0. The number of nitrogens with zero attached hydrogens (tertiary/aromatic N) is 2. The molecule has 1 N–H and O–H groups in total. The highest BCUT2D eigenvalue weighted by Crippen LogP contribution is 2.30. The van der Waals surface area contributed by atoms with Gasteiger partial charge in [-0.1, -0.05) is 30.3 Å². The Morgan fingerprint density at radius 1 is 1.07 bits per heavy atom. The normalized spacial score (nSPS) is 10.7. The van der Waals surface area contributed by atoms with Crippen molar-refractivity contribution in [2.75, 3.05) is 18.5 Å². The number of allylic oxidation sites excluding steroid dienone is 1. The van der Waals surface area contributed by atoms with Crippen molar-refractivity contribution in [2.45, 2.75) is 6.92 Å². The van der Waals surface area contributed by atoms with Gasteiger partial charge < -0.3 is 14.8 Å². The number of nitriles is 1. The summed E-state index contributed by atoms with van der Waals surface area (Å²) in [6.07, 6.45) is 3.38. The smallest absolute Gasteiger partial charge is 0.262 e. The van der Waals surface area contributed by atoms with Crippen molar-refractivity contribution in [2.24, 2.45) is 0 Å². The summed E-state index contributed by atoms with van der Waals surface area (Å²) in [6.45, 7) is 2.15. The second kappa shape index (κ2) is 10.4. The molecule has 0 aliphatic carbocycles. The van der Waals surface area contributed by atoms with Gasteiger partial charge in [0.05, 0.1) is 17.9 Å². The van der Waals surface area contributed by atoms with E-state index in [0.717, 1.165) is 5.56 Å². The minimum absolute atomic E-state index is 0.151. The molecule has 0 unspecified atom stereocenters. The molecule has 0 radical (unpaired) electrons. The van der Waals surface area contributed by atoms with Gasteiger partial charge in [0, 0.05) is 11.9 Å². The van der Waals surface area contributed by atoms with Gasteiger partial charge in [-0.2, -0.15) is 5.26 Å². The zero-order chi connectivity index (χ0) is 21.2. The van der Waals surface area contributed by atoms with Crippen LogP contribution in [0.2, 0.25) is 0 Å². The molecule has 0 aliphatic heterocycles. The lowest BCUT2D eigenvalue weighted by Crippen LogP contribution is -2.20. The molecule has 6 heteroatoms. The molecule has 1 amide bonds. The number of benzene rings is 2. The molecule has 0 saturated carbocycles. The van der Waals surface area contributed by atoms with Crippen LogP contribution in [-0.2, 0) is 4.79 Å². The fourth-order valence-electron chi connectivity index (χ4n) is 2.72. The van der Waals surface area contributed by atoms with Crippen molar-refractivity contribution in [1.82, 2.24) is 4.98 Å². The molecule has 0 fully saturated rings. The first-order valence-electron chi connectivity index (χ1n) is 9.47. The molecule has 0 bridgehead atoms. The number of ether oxygens (including phenoxy) is 2.